The lowest BCUT2D eigenvalue weighted by atomic mass is 10.1. The van der Waals surface area contributed by atoms with Crippen LogP contribution in [0.4, 0.5) is 5.69 Å². The van der Waals surface area contributed by atoms with Crippen molar-refractivity contribution >= 4 is 17.4 Å². The topological polar surface area (TPSA) is 87.7 Å². The van der Waals surface area contributed by atoms with Gasteiger partial charge in [0.2, 0.25) is 0 Å². The van der Waals surface area contributed by atoms with Crippen molar-refractivity contribution in [1.82, 2.24) is 0 Å². The van der Waals surface area contributed by atoms with Gasteiger partial charge >= 0.3 is 0 Å². The van der Waals surface area contributed by atoms with E-state index in [2.05, 4.69) is 10.5 Å². The summed E-state index contributed by atoms with van der Waals surface area (Å²) in [6.45, 7) is 3.84. The maximum atomic E-state index is 12.2. The first-order chi connectivity index (χ1) is 10.0. The lowest BCUT2D eigenvalue weighted by Crippen LogP contribution is -2.16. The number of nitrogens with two attached hydrogens (primary N) is 1. The van der Waals surface area contributed by atoms with Crippen LogP contribution in [0.1, 0.15) is 27.0 Å². The third kappa shape index (κ3) is 3.39. The molecule has 4 N–H and O–H groups in total. The first-order valence-corrected chi connectivity index (χ1v) is 6.48. The fourth-order valence-corrected chi connectivity index (χ4v) is 1.87. The van der Waals surface area contributed by atoms with Gasteiger partial charge in [-0.3, -0.25) is 4.79 Å². The fraction of sp³-hybridized carbons (Fsp3) is 0.125. The molecule has 2 aromatic rings. The van der Waals surface area contributed by atoms with Gasteiger partial charge in [0.15, 0.2) is 5.84 Å². The van der Waals surface area contributed by atoms with Gasteiger partial charge in [0.05, 0.1) is 0 Å². The molecule has 0 aromatic heterocycles. The van der Waals surface area contributed by atoms with E-state index in [-0.39, 0.29) is 11.7 Å². The number of rotatable bonds is 3. The zero-order valence-corrected chi connectivity index (χ0v) is 11.9. The molecular formula is C16H17N3O2. The first kappa shape index (κ1) is 14.6. The average molecular weight is 283 g/mol. The van der Waals surface area contributed by atoms with Gasteiger partial charge in [-0.25, -0.2) is 0 Å². The van der Waals surface area contributed by atoms with Gasteiger partial charge in [-0.1, -0.05) is 35.0 Å². The Morgan fingerprint density at radius 3 is 2.33 bits per heavy atom. The maximum Gasteiger partial charge on any atom is 0.255 e. The summed E-state index contributed by atoms with van der Waals surface area (Å²) < 4.78 is 0. The van der Waals surface area contributed by atoms with Crippen molar-refractivity contribution in [3.63, 3.8) is 0 Å². The number of aryl methyl sites for hydroxylation is 2. The number of oxime groups is 1. The van der Waals surface area contributed by atoms with Crippen LogP contribution in [0.25, 0.3) is 0 Å². The monoisotopic (exact) mass is 283 g/mol. The fourth-order valence-electron chi connectivity index (χ4n) is 1.87. The van der Waals surface area contributed by atoms with E-state index in [0.717, 1.165) is 11.1 Å². The number of nitrogens with zero attached hydrogens (tertiary/aromatic N) is 1. The van der Waals surface area contributed by atoms with E-state index in [0.29, 0.717) is 16.8 Å². The Labute approximate surface area is 123 Å². The zero-order valence-electron chi connectivity index (χ0n) is 11.9. The predicted octanol–water partition coefficient (Wildman–Crippen LogP) is 2.65. The summed E-state index contributed by atoms with van der Waals surface area (Å²) in [4.78, 5) is 12.2. The molecular weight excluding hydrogens is 266 g/mol. The Hall–Kier alpha value is -2.82. The Bertz CT molecular complexity index is 691. The third-order valence-corrected chi connectivity index (χ3v) is 3.20. The number of hydrogen-bond donors (Lipinski definition) is 3. The van der Waals surface area contributed by atoms with Crippen LogP contribution >= 0.6 is 0 Å². The van der Waals surface area contributed by atoms with Crippen LogP contribution in [0, 0.1) is 13.8 Å². The molecule has 2 rings (SSSR count). The molecule has 5 nitrogen and oxygen atoms in total. The Morgan fingerprint density at radius 1 is 1.10 bits per heavy atom. The van der Waals surface area contributed by atoms with Crippen molar-refractivity contribution in [1.29, 1.82) is 0 Å². The van der Waals surface area contributed by atoms with E-state index >= 15 is 0 Å². The second kappa shape index (κ2) is 6.09. The molecule has 0 aliphatic rings. The van der Waals surface area contributed by atoms with Gasteiger partial charge in [-0.05, 0) is 37.6 Å². The Kier molecular flexibility index (Phi) is 4.23. The van der Waals surface area contributed by atoms with Gasteiger partial charge in [0.1, 0.15) is 0 Å². The number of benzene rings is 2. The first-order valence-electron chi connectivity index (χ1n) is 6.48. The second-order valence-corrected chi connectivity index (χ2v) is 4.84. The van der Waals surface area contributed by atoms with E-state index in [1.165, 1.54) is 0 Å². The number of amides is 1. The number of carbonyl (C=O) groups is 1. The van der Waals surface area contributed by atoms with Crippen molar-refractivity contribution in [3.05, 3.63) is 64.7 Å². The molecule has 0 aliphatic carbocycles. The molecule has 21 heavy (non-hydrogen) atoms. The van der Waals surface area contributed by atoms with Crippen LogP contribution in [0.15, 0.2) is 47.6 Å². The molecule has 108 valence electrons. The van der Waals surface area contributed by atoms with Crippen LogP contribution < -0.4 is 11.1 Å². The Morgan fingerprint density at radius 2 is 1.71 bits per heavy atom. The van der Waals surface area contributed by atoms with Gasteiger partial charge in [-0.2, -0.15) is 0 Å². The largest absolute Gasteiger partial charge is 0.409 e. The van der Waals surface area contributed by atoms with E-state index in [9.17, 15) is 4.79 Å². The number of anilines is 1. The highest BCUT2D eigenvalue weighted by Gasteiger charge is 2.09. The van der Waals surface area contributed by atoms with Crippen LogP contribution in [-0.2, 0) is 0 Å². The third-order valence-electron chi connectivity index (χ3n) is 3.20. The van der Waals surface area contributed by atoms with Crippen molar-refractivity contribution in [2.45, 2.75) is 13.8 Å². The maximum absolute atomic E-state index is 12.2. The number of nitrogens with one attached hydrogen (secondary N) is 1. The van der Waals surface area contributed by atoms with E-state index in [1.807, 2.05) is 26.0 Å². The molecule has 5 heteroatoms. The molecule has 0 saturated heterocycles. The van der Waals surface area contributed by atoms with Gasteiger partial charge < -0.3 is 16.3 Å². The standard InChI is InChI=1S/C16H17N3O2/c1-10-3-6-12(7-4-10)16(20)18-14-9-13(15(17)19-21)8-5-11(14)2/h3-9,21H,1-2H3,(H2,17,19)(H,18,20). The highest BCUT2D eigenvalue weighted by atomic mass is 16.4. The number of hydrogen-bond acceptors (Lipinski definition) is 3. The van der Waals surface area contributed by atoms with Crippen LogP contribution in [-0.4, -0.2) is 17.0 Å². The van der Waals surface area contributed by atoms with Crippen LogP contribution in [0.5, 0.6) is 0 Å². The predicted molar refractivity (Wildman–Crippen MR) is 82.8 cm³/mol. The van der Waals surface area contributed by atoms with Crippen molar-refractivity contribution in [2.75, 3.05) is 5.32 Å². The Balaban J connectivity index is 2.26. The molecule has 0 fully saturated rings. The van der Waals surface area contributed by atoms with Gasteiger partial charge in [0.25, 0.3) is 5.91 Å². The van der Waals surface area contributed by atoms with E-state index < -0.39 is 0 Å². The van der Waals surface area contributed by atoms with E-state index in [4.69, 9.17) is 10.9 Å². The van der Waals surface area contributed by atoms with Crippen LogP contribution in [0.3, 0.4) is 0 Å². The summed E-state index contributed by atoms with van der Waals surface area (Å²) in [7, 11) is 0. The average Bonchev–Trinajstić information content (AvgIpc) is 2.49. The summed E-state index contributed by atoms with van der Waals surface area (Å²) in [6.07, 6.45) is 0. The molecule has 0 radical (unpaired) electrons. The second-order valence-electron chi connectivity index (χ2n) is 4.84. The number of carbonyl (C=O) groups excluding carboxylic acids is 1. The van der Waals surface area contributed by atoms with Gasteiger partial charge in [-0.15, -0.1) is 0 Å². The molecule has 0 saturated carbocycles. The molecule has 1 amide bonds. The minimum Gasteiger partial charge on any atom is -0.409 e. The van der Waals surface area contributed by atoms with Crippen molar-refractivity contribution < 1.29 is 10.0 Å². The molecule has 2 aromatic carbocycles. The van der Waals surface area contributed by atoms with Crippen molar-refractivity contribution in [2.24, 2.45) is 10.9 Å². The molecule has 0 aliphatic heterocycles. The molecule has 0 bridgehead atoms. The lowest BCUT2D eigenvalue weighted by Gasteiger charge is -2.10. The SMILES string of the molecule is Cc1ccc(C(=O)Nc2cc(C(N)=NO)ccc2C)cc1. The molecule has 0 heterocycles. The molecule has 0 spiro atoms. The van der Waals surface area contributed by atoms with Crippen LogP contribution in [0.2, 0.25) is 0 Å². The van der Waals surface area contributed by atoms with E-state index in [1.54, 1.807) is 30.3 Å². The summed E-state index contributed by atoms with van der Waals surface area (Å²) in [5, 5.41) is 14.5. The molecule has 0 unspecified atom stereocenters. The number of amidine groups is 1. The quantitative estimate of drug-likeness (QED) is 0.350. The highest BCUT2D eigenvalue weighted by molar-refractivity contribution is 6.05. The smallest absolute Gasteiger partial charge is 0.255 e. The summed E-state index contributed by atoms with van der Waals surface area (Å²) in [5.41, 5.74) is 9.30. The zero-order chi connectivity index (χ0) is 15.4. The minimum absolute atomic E-state index is 0.000773. The molecule has 0 atom stereocenters. The minimum atomic E-state index is -0.199. The highest BCUT2D eigenvalue weighted by Crippen LogP contribution is 2.18. The summed E-state index contributed by atoms with van der Waals surface area (Å²) in [6, 6.07) is 12.5. The summed E-state index contributed by atoms with van der Waals surface area (Å²) >= 11 is 0. The van der Waals surface area contributed by atoms with Gasteiger partial charge in [0, 0.05) is 16.8 Å². The summed E-state index contributed by atoms with van der Waals surface area (Å²) in [5.74, 6) is -0.199. The van der Waals surface area contributed by atoms with Crippen molar-refractivity contribution in [3.8, 4) is 0 Å². The lowest BCUT2D eigenvalue weighted by molar-refractivity contribution is 0.102. The normalized spacial score (nSPS) is 11.2.